The van der Waals surface area contributed by atoms with E-state index >= 15 is 0 Å². The highest BCUT2D eigenvalue weighted by Gasteiger charge is 2.17. The van der Waals surface area contributed by atoms with Crippen molar-refractivity contribution >= 4 is 17.3 Å². The number of nitrogens with one attached hydrogen (secondary N) is 1. The molecule has 15 heavy (non-hydrogen) atoms. The highest BCUT2D eigenvalue weighted by Crippen LogP contribution is 2.30. The van der Waals surface area contributed by atoms with Gasteiger partial charge in [-0.1, -0.05) is 23.7 Å². The van der Waals surface area contributed by atoms with Crippen molar-refractivity contribution in [3.8, 4) is 0 Å². The summed E-state index contributed by atoms with van der Waals surface area (Å²) >= 11 is 6.11. The number of halogens is 1. The summed E-state index contributed by atoms with van der Waals surface area (Å²) in [6, 6.07) is 5.79. The first-order valence-electron chi connectivity index (χ1n) is 4.84. The number of benzene rings is 1. The molecule has 80 valence electrons. The first-order chi connectivity index (χ1) is 7.22. The average Bonchev–Trinajstić information content (AvgIpc) is 2.64. The van der Waals surface area contributed by atoms with Crippen molar-refractivity contribution in [1.29, 1.82) is 0 Å². The summed E-state index contributed by atoms with van der Waals surface area (Å²) in [4.78, 5) is 0. The average molecular weight is 225 g/mol. The summed E-state index contributed by atoms with van der Waals surface area (Å²) in [6.45, 7) is 2.03. The van der Waals surface area contributed by atoms with Crippen molar-refractivity contribution in [3.05, 3.63) is 41.1 Å². The van der Waals surface area contributed by atoms with E-state index < -0.39 is 0 Å². The third-order valence-corrected chi connectivity index (χ3v) is 2.65. The molecule has 1 atom stereocenters. The van der Waals surface area contributed by atoms with E-state index in [-0.39, 0.29) is 12.6 Å². The Kier molecular flexibility index (Phi) is 2.95. The minimum Gasteiger partial charge on any atom is -0.392 e. The highest BCUT2D eigenvalue weighted by molar-refractivity contribution is 6.33. The molecule has 0 amide bonds. The van der Waals surface area contributed by atoms with Crippen molar-refractivity contribution < 1.29 is 5.11 Å². The molecule has 4 heteroatoms. The summed E-state index contributed by atoms with van der Waals surface area (Å²) < 4.78 is 0. The molecular formula is C11H13ClN2O. The van der Waals surface area contributed by atoms with Gasteiger partial charge >= 0.3 is 0 Å². The fourth-order valence-corrected chi connectivity index (χ4v) is 1.90. The first kappa shape index (κ1) is 10.5. The maximum absolute atomic E-state index is 9.23. The standard InChI is InChI=1S/C11H13ClN2O/c1-8-5-6-14(13-8)11-9(7-15)3-2-4-10(11)12/h2-6,8,13,15H,7H2,1H3. The van der Waals surface area contributed by atoms with Crippen molar-refractivity contribution in [1.82, 2.24) is 5.43 Å². The van der Waals surface area contributed by atoms with E-state index in [4.69, 9.17) is 11.6 Å². The maximum Gasteiger partial charge on any atom is 0.0812 e. The maximum atomic E-state index is 9.23. The lowest BCUT2D eigenvalue weighted by Gasteiger charge is -2.22. The molecule has 0 radical (unpaired) electrons. The van der Waals surface area contributed by atoms with E-state index in [1.165, 1.54) is 0 Å². The molecule has 0 bridgehead atoms. The second-order valence-corrected chi connectivity index (χ2v) is 3.94. The number of anilines is 1. The molecule has 1 heterocycles. The number of para-hydroxylation sites is 1. The van der Waals surface area contributed by atoms with Crippen LogP contribution in [0.25, 0.3) is 0 Å². The van der Waals surface area contributed by atoms with Crippen molar-refractivity contribution in [2.75, 3.05) is 5.01 Å². The predicted molar refractivity (Wildman–Crippen MR) is 61.6 cm³/mol. The van der Waals surface area contributed by atoms with Gasteiger partial charge in [0.1, 0.15) is 0 Å². The second-order valence-electron chi connectivity index (χ2n) is 3.53. The van der Waals surface area contributed by atoms with Gasteiger partial charge in [0.15, 0.2) is 0 Å². The van der Waals surface area contributed by atoms with Crippen LogP contribution in [0.1, 0.15) is 12.5 Å². The molecule has 1 aromatic rings. The quantitative estimate of drug-likeness (QED) is 0.807. The van der Waals surface area contributed by atoms with Gasteiger partial charge in [-0.2, -0.15) is 0 Å². The molecule has 0 saturated carbocycles. The van der Waals surface area contributed by atoms with Crippen LogP contribution in [-0.4, -0.2) is 11.1 Å². The van der Waals surface area contributed by atoms with Crippen LogP contribution in [0.15, 0.2) is 30.5 Å². The lowest BCUT2D eigenvalue weighted by molar-refractivity contribution is 0.282. The summed E-state index contributed by atoms with van der Waals surface area (Å²) in [6.07, 6.45) is 3.95. The number of hydrogen-bond donors (Lipinski definition) is 2. The fourth-order valence-electron chi connectivity index (χ4n) is 1.62. The molecular weight excluding hydrogens is 212 g/mol. The smallest absolute Gasteiger partial charge is 0.0812 e. The largest absolute Gasteiger partial charge is 0.392 e. The molecule has 0 spiro atoms. The van der Waals surface area contributed by atoms with Gasteiger partial charge in [-0.3, -0.25) is 5.01 Å². The minimum absolute atomic E-state index is 0.0176. The molecule has 0 aromatic heterocycles. The van der Waals surface area contributed by atoms with Crippen LogP contribution in [0.5, 0.6) is 0 Å². The van der Waals surface area contributed by atoms with Gasteiger partial charge < -0.3 is 5.11 Å². The molecule has 0 aliphatic carbocycles. The number of hydrazine groups is 1. The monoisotopic (exact) mass is 224 g/mol. The van der Waals surface area contributed by atoms with Crippen LogP contribution in [0.2, 0.25) is 5.02 Å². The Morgan fingerprint density at radius 1 is 1.53 bits per heavy atom. The zero-order valence-corrected chi connectivity index (χ0v) is 9.20. The number of rotatable bonds is 2. The van der Waals surface area contributed by atoms with Gasteiger partial charge in [0.05, 0.1) is 17.3 Å². The van der Waals surface area contributed by atoms with Crippen molar-refractivity contribution in [3.63, 3.8) is 0 Å². The Morgan fingerprint density at radius 3 is 2.93 bits per heavy atom. The molecule has 2 N–H and O–H groups in total. The molecule has 1 unspecified atom stereocenters. The molecule has 3 nitrogen and oxygen atoms in total. The molecule has 2 rings (SSSR count). The van der Waals surface area contributed by atoms with E-state index in [1.807, 2.05) is 42.4 Å². The van der Waals surface area contributed by atoms with Gasteiger partial charge in [0, 0.05) is 17.8 Å². The van der Waals surface area contributed by atoms with Gasteiger partial charge in [-0.15, -0.1) is 0 Å². The normalized spacial score (nSPS) is 19.9. The highest BCUT2D eigenvalue weighted by atomic mass is 35.5. The van der Waals surface area contributed by atoms with Crippen LogP contribution in [0, 0.1) is 0 Å². The Morgan fingerprint density at radius 2 is 2.33 bits per heavy atom. The van der Waals surface area contributed by atoms with E-state index in [0.29, 0.717) is 5.02 Å². The minimum atomic E-state index is -0.0176. The van der Waals surface area contributed by atoms with Crippen molar-refractivity contribution in [2.45, 2.75) is 19.6 Å². The second kappa shape index (κ2) is 4.23. The Labute approximate surface area is 93.9 Å². The third-order valence-electron chi connectivity index (χ3n) is 2.35. The van der Waals surface area contributed by atoms with Crippen LogP contribution in [-0.2, 0) is 6.61 Å². The molecule has 0 saturated heterocycles. The van der Waals surface area contributed by atoms with E-state index in [2.05, 4.69) is 5.43 Å². The zero-order valence-electron chi connectivity index (χ0n) is 8.44. The fraction of sp³-hybridized carbons (Fsp3) is 0.273. The first-order valence-corrected chi connectivity index (χ1v) is 5.22. The SMILES string of the molecule is CC1C=CN(c2c(Cl)cccc2CO)N1. The van der Waals surface area contributed by atoms with Crippen molar-refractivity contribution in [2.24, 2.45) is 0 Å². The van der Waals surface area contributed by atoms with Gasteiger partial charge in [0.2, 0.25) is 0 Å². The summed E-state index contributed by atoms with van der Waals surface area (Å²) in [7, 11) is 0. The van der Waals surface area contributed by atoms with E-state index in [0.717, 1.165) is 11.3 Å². The van der Waals surface area contributed by atoms with Crippen LogP contribution < -0.4 is 10.4 Å². The number of nitrogens with zero attached hydrogens (tertiary/aromatic N) is 1. The summed E-state index contributed by atoms with van der Waals surface area (Å²) in [5.41, 5.74) is 4.85. The van der Waals surface area contributed by atoms with Gasteiger partial charge in [0.25, 0.3) is 0 Å². The topological polar surface area (TPSA) is 35.5 Å². The summed E-state index contributed by atoms with van der Waals surface area (Å²) in [5.74, 6) is 0. The lowest BCUT2D eigenvalue weighted by Crippen LogP contribution is -2.34. The number of aliphatic hydroxyl groups excluding tert-OH is 1. The molecule has 0 fully saturated rings. The van der Waals surface area contributed by atoms with Crippen LogP contribution in [0.3, 0.4) is 0 Å². The van der Waals surface area contributed by atoms with Crippen LogP contribution in [0.4, 0.5) is 5.69 Å². The predicted octanol–water partition coefficient (Wildman–Crippen LogP) is 2.06. The molecule has 1 aromatic carbocycles. The van der Waals surface area contributed by atoms with Gasteiger partial charge in [-0.25, -0.2) is 5.43 Å². The lowest BCUT2D eigenvalue weighted by atomic mass is 10.2. The zero-order chi connectivity index (χ0) is 10.8. The van der Waals surface area contributed by atoms with Gasteiger partial charge in [-0.05, 0) is 19.1 Å². The van der Waals surface area contributed by atoms with Crippen LogP contribution >= 0.6 is 11.6 Å². The number of aliphatic hydroxyl groups is 1. The summed E-state index contributed by atoms with van der Waals surface area (Å²) in [5, 5.41) is 11.7. The Hall–Kier alpha value is -1.03. The Balaban J connectivity index is 2.38. The molecule has 1 aliphatic heterocycles. The third kappa shape index (κ3) is 2.00. The Bertz CT molecular complexity index is 392. The van der Waals surface area contributed by atoms with E-state index in [1.54, 1.807) is 0 Å². The molecule has 1 aliphatic rings. The van der Waals surface area contributed by atoms with E-state index in [9.17, 15) is 5.11 Å². The number of hydrogen-bond acceptors (Lipinski definition) is 3.